The quantitative estimate of drug-likeness (QED) is 0.661. The molecule has 2 aromatic carbocycles. The van der Waals surface area contributed by atoms with Crippen molar-refractivity contribution < 1.29 is 9.21 Å². The van der Waals surface area contributed by atoms with E-state index in [1.54, 1.807) is 11.8 Å². The SMILES string of the molecule is O=C(CCc1ccccc1)Nc1nnc(CSc2ccccc2)o1. The smallest absolute Gasteiger partial charge is 0.322 e. The van der Waals surface area contributed by atoms with Crippen molar-refractivity contribution in [3.63, 3.8) is 0 Å². The fourth-order valence-electron chi connectivity index (χ4n) is 2.11. The average molecular weight is 339 g/mol. The predicted molar refractivity (Wildman–Crippen MR) is 93.7 cm³/mol. The molecule has 1 aromatic heterocycles. The Hall–Kier alpha value is -2.60. The highest BCUT2D eigenvalue weighted by Gasteiger charge is 2.10. The number of amides is 1. The number of thioether (sulfide) groups is 1. The number of hydrogen-bond donors (Lipinski definition) is 1. The second kappa shape index (κ2) is 8.31. The van der Waals surface area contributed by atoms with Crippen LogP contribution in [0, 0.1) is 0 Å². The van der Waals surface area contributed by atoms with Crippen molar-refractivity contribution >= 4 is 23.7 Å². The van der Waals surface area contributed by atoms with Crippen LogP contribution in [0.2, 0.25) is 0 Å². The molecule has 3 aromatic rings. The minimum absolute atomic E-state index is 0.134. The van der Waals surface area contributed by atoms with Crippen molar-refractivity contribution in [3.05, 3.63) is 72.1 Å². The second-order valence-corrected chi connectivity index (χ2v) is 6.19. The highest BCUT2D eigenvalue weighted by molar-refractivity contribution is 7.98. The van der Waals surface area contributed by atoms with Crippen molar-refractivity contribution in [2.24, 2.45) is 0 Å². The Morgan fingerprint density at radius 2 is 1.71 bits per heavy atom. The van der Waals surface area contributed by atoms with Crippen LogP contribution < -0.4 is 5.32 Å². The van der Waals surface area contributed by atoms with E-state index in [1.165, 1.54) is 0 Å². The summed E-state index contributed by atoms with van der Waals surface area (Å²) in [5, 5.41) is 10.5. The fourth-order valence-corrected chi connectivity index (χ4v) is 2.86. The number of rotatable bonds is 7. The fraction of sp³-hybridized carbons (Fsp3) is 0.167. The molecular weight excluding hydrogens is 322 g/mol. The Morgan fingerprint density at radius 1 is 1.00 bits per heavy atom. The molecule has 5 nitrogen and oxygen atoms in total. The molecule has 1 N–H and O–H groups in total. The van der Waals surface area contributed by atoms with E-state index in [4.69, 9.17) is 4.42 Å². The number of nitrogens with one attached hydrogen (secondary N) is 1. The number of aryl methyl sites for hydroxylation is 1. The van der Waals surface area contributed by atoms with Gasteiger partial charge < -0.3 is 4.42 Å². The molecule has 0 aliphatic carbocycles. The second-order valence-electron chi connectivity index (χ2n) is 5.14. The Balaban J connectivity index is 1.46. The monoisotopic (exact) mass is 339 g/mol. The first-order chi connectivity index (χ1) is 11.8. The third-order valence-electron chi connectivity index (χ3n) is 3.30. The molecule has 122 valence electrons. The minimum atomic E-state index is -0.134. The van der Waals surface area contributed by atoms with Gasteiger partial charge in [-0.15, -0.1) is 16.9 Å². The third-order valence-corrected chi connectivity index (χ3v) is 4.30. The van der Waals surface area contributed by atoms with Gasteiger partial charge in [0.2, 0.25) is 11.8 Å². The zero-order valence-corrected chi connectivity index (χ0v) is 13.8. The summed E-state index contributed by atoms with van der Waals surface area (Å²) < 4.78 is 5.45. The van der Waals surface area contributed by atoms with E-state index in [9.17, 15) is 4.79 Å². The van der Waals surface area contributed by atoms with Crippen LogP contribution >= 0.6 is 11.8 Å². The lowest BCUT2D eigenvalue weighted by molar-refractivity contribution is -0.116. The Morgan fingerprint density at radius 3 is 2.46 bits per heavy atom. The number of carbonyl (C=O) groups excluding carboxylic acids is 1. The van der Waals surface area contributed by atoms with Gasteiger partial charge >= 0.3 is 6.01 Å². The number of anilines is 1. The van der Waals surface area contributed by atoms with Crippen LogP contribution in [0.1, 0.15) is 17.9 Å². The van der Waals surface area contributed by atoms with Gasteiger partial charge in [0.1, 0.15) is 0 Å². The van der Waals surface area contributed by atoms with Crippen LogP contribution in [-0.2, 0) is 17.0 Å². The zero-order chi connectivity index (χ0) is 16.6. The van der Waals surface area contributed by atoms with E-state index in [0.717, 1.165) is 10.5 Å². The minimum Gasteiger partial charge on any atom is -0.407 e. The summed E-state index contributed by atoms with van der Waals surface area (Å²) >= 11 is 1.60. The molecule has 0 spiro atoms. The molecule has 1 amide bonds. The third kappa shape index (κ3) is 4.96. The normalized spacial score (nSPS) is 10.5. The van der Waals surface area contributed by atoms with Gasteiger partial charge in [0, 0.05) is 11.3 Å². The molecule has 0 atom stereocenters. The van der Waals surface area contributed by atoms with Gasteiger partial charge in [-0.3, -0.25) is 10.1 Å². The molecule has 0 saturated heterocycles. The summed E-state index contributed by atoms with van der Waals surface area (Å²) in [5.74, 6) is 0.920. The summed E-state index contributed by atoms with van der Waals surface area (Å²) in [4.78, 5) is 13.1. The van der Waals surface area contributed by atoms with Gasteiger partial charge in [-0.2, -0.15) is 0 Å². The van der Waals surface area contributed by atoms with E-state index in [-0.39, 0.29) is 11.9 Å². The largest absolute Gasteiger partial charge is 0.407 e. The van der Waals surface area contributed by atoms with E-state index >= 15 is 0 Å². The van der Waals surface area contributed by atoms with Crippen molar-refractivity contribution in [1.82, 2.24) is 10.2 Å². The summed E-state index contributed by atoms with van der Waals surface area (Å²) in [6.07, 6.45) is 1.05. The van der Waals surface area contributed by atoms with E-state index in [2.05, 4.69) is 15.5 Å². The van der Waals surface area contributed by atoms with Gasteiger partial charge in [0.25, 0.3) is 0 Å². The molecular formula is C18H17N3O2S. The lowest BCUT2D eigenvalue weighted by atomic mass is 10.1. The molecule has 6 heteroatoms. The molecule has 0 bridgehead atoms. The molecule has 0 aliphatic rings. The van der Waals surface area contributed by atoms with Gasteiger partial charge in [0.15, 0.2) is 0 Å². The Kier molecular flexibility index (Phi) is 5.63. The average Bonchev–Trinajstić information content (AvgIpc) is 3.07. The lowest BCUT2D eigenvalue weighted by Crippen LogP contribution is -2.12. The standard InChI is InChI=1S/C18H17N3O2S/c22-16(12-11-14-7-3-1-4-8-14)19-18-21-20-17(23-18)13-24-15-9-5-2-6-10-15/h1-10H,11-13H2,(H,19,21,22). The topological polar surface area (TPSA) is 68.0 Å². The Bertz CT molecular complexity index is 775. The summed E-state index contributed by atoms with van der Waals surface area (Å²) in [5.41, 5.74) is 1.12. The first kappa shape index (κ1) is 16.3. The maximum absolute atomic E-state index is 11.9. The van der Waals surface area contributed by atoms with Gasteiger partial charge in [-0.1, -0.05) is 53.6 Å². The number of carbonyl (C=O) groups is 1. The maximum atomic E-state index is 11.9. The maximum Gasteiger partial charge on any atom is 0.322 e. The van der Waals surface area contributed by atoms with Crippen LogP contribution in [-0.4, -0.2) is 16.1 Å². The molecule has 0 aliphatic heterocycles. The summed E-state index contributed by atoms with van der Waals surface area (Å²) in [7, 11) is 0. The molecule has 0 unspecified atom stereocenters. The molecule has 1 heterocycles. The van der Waals surface area contributed by atoms with Crippen LogP contribution in [0.5, 0.6) is 0 Å². The lowest BCUT2D eigenvalue weighted by Gasteiger charge is -2.01. The summed E-state index contributed by atoms with van der Waals surface area (Å²) in [6, 6.07) is 20.0. The van der Waals surface area contributed by atoms with Gasteiger partial charge in [-0.25, -0.2) is 0 Å². The number of aromatic nitrogens is 2. The zero-order valence-electron chi connectivity index (χ0n) is 13.0. The van der Waals surface area contributed by atoms with E-state index in [0.29, 0.717) is 24.5 Å². The molecule has 0 radical (unpaired) electrons. The van der Waals surface area contributed by atoms with Crippen LogP contribution in [0.15, 0.2) is 70.0 Å². The van der Waals surface area contributed by atoms with E-state index < -0.39 is 0 Å². The van der Waals surface area contributed by atoms with Crippen molar-refractivity contribution in [1.29, 1.82) is 0 Å². The summed E-state index contributed by atoms with van der Waals surface area (Å²) in [6.45, 7) is 0. The first-order valence-electron chi connectivity index (χ1n) is 7.63. The Labute approximate surface area is 144 Å². The van der Waals surface area contributed by atoms with E-state index in [1.807, 2.05) is 60.7 Å². The van der Waals surface area contributed by atoms with Crippen LogP contribution in [0.25, 0.3) is 0 Å². The first-order valence-corrected chi connectivity index (χ1v) is 8.62. The molecule has 0 saturated carbocycles. The van der Waals surface area contributed by atoms with Crippen molar-refractivity contribution in [2.45, 2.75) is 23.5 Å². The molecule has 0 fully saturated rings. The van der Waals surface area contributed by atoms with Gasteiger partial charge in [-0.05, 0) is 24.1 Å². The van der Waals surface area contributed by atoms with Crippen LogP contribution in [0.3, 0.4) is 0 Å². The molecule has 3 rings (SSSR count). The highest BCUT2D eigenvalue weighted by Crippen LogP contribution is 2.22. The number of nitrogens with zero attached hydrogens (tertiary/aromatic N) is 2. The van der Waals surface area contributed by atoms with Crippen molar-refractivity contribution in [2.75, 3.05) is 5.32 Å². The van der Waals surface area contributed by atoms with Crippen LogP contribution in [0.4, 0.5) is 6.01 Å². The molecule has 24 heavy (non-hydrogen) atoms. The van der Waals surface area contributed by atoms with Gasteiger partial charge in [0.05, 0.1) is 5.75 Å². The van der Waals surface area contributed by atoms with Crippen molar-refractivity contribution in [3.8, 4) is 0 Å². The predicted octanol–water partition coefficient (Wildman–Crippen LogP) is 3.93. The number of benzene rings is 2. The highest BCUT2D eigenvalue weighted by atomic mass is 32.2. The number of hydrogen-bond acceptors (Lipinski definition) is 5.